The fourth-order valence-corrected chi connectivity index (χ4v) is 1.96. The molecule has 0 spiro atoms. The van der Waals surface area contributed by atoms with E-state index in [1.165, 1.54) is 12.1 Å². The van der Waals surface area contributed by atoms with Crippen LogP contribution in [0.5, 0.6) is 11.5 Å². The molecule has 0 fully saturated rings. The van der Waals surface area contributed by atoms with Gasteiger partial charge < -0.3 is 16.2 Å². The van der Waals surface area contributed by atoms with Gasteiger partial charge in [0, 0.05) is 18.3 Å². The molecule has 3 nitrogen and oxygen atoms in total. The number of hydrogen-bond donors (Lipinski definition) is 2. The van der Waals surface area contributed by atoms with Crippen molar-refractivity contribution >= 4 is 11.4 Å². The van der Waals surface area contributed by atoms with Gasteiger partial charge in [-0.25, -0.2) is 8.78 Å². The first kappa shape index (κ1) is 16.9. The molecule has 2 rings (SSSR count). The van der Waals surface area contributed by atoms with Gasteiger partial charge in [0.25, 0.3) is 5.92 Å². The SMILES string of the molecule is CC(F)(F)c1cc(N)ccc1Oc1ccc(N)cc1C(F)(F)F. The summed E-state index contributed by atoms with van der Waals surface area (Å²) in [6.07, 6.45) is -4.74. The second-order valence-corrected chi connectivity index (χ2v) is 5.00. The molecule has 0 bridgehead atoms. The molecule has 0 atom stereocenters. The number of ether oxygens (including phenoxy) is 1. The first-order valence-electron chi connectivity index (χ1n) is 6.41. The third-order valence-corrected chi connectivity index (χ3v) is 3.01. The van der Waals surface area contributed by atoms with E-state index in [0.29, 0.717) is 13.0 Å². The Labute approximate surface area is 128 Å². The monoisotopic (exact) mass is 332 g/mol. The van der Waals surface area contributed by atoms with Crippen LogP contribution in [0.4, 0.5) is 33.3 Å². The summed E-state index contributed by atoms with van der Waals surface area (Å²) < 4.78 is 71.4. The van der Waals surface area contributed by atoms with E-state index in [0.717, 1.165) is 18.2 Å². The second-order valence-electron chi connectivity index (χ2n) is 5.00. The van der Waals surface area contributed by atoms with Crippen LogP contribution in [-0.4, -0.2) is 0 Å². The van der Waals surface area contributed by atoms with E-state index in [1.807, 2.05) is 0 Å². The van der Waals surface area contributed by atoms with Gasteiger partial charge in [0.05, 0.1) is 5.56 Å². The van der Waals surface area contributed by atoms with E-state index < -0.39 is 34.7 Å². The summed E-state index contributed by atoms with van der Waals surface area (Å²) in [6.45, 7) is 0.599. The second kappa shape index (κ2) is 5.60. The maximum atomic E-state index is 13.6. The Hall–Kier alpha value is -2.51. The lowest BCUT2D eigenvalue weighted by atomic mass is 10.1. The van der Waals surface area contributed by atoms with E-state index in [-0.39, 0.29) is 11.4 Å². The molecule has 0 unspecified atom stereocenters. The van der Waals surface area contributed by atoms with Crippen LogP contribution in [-0.2, 0) is 12.1 Å². The van der Waals surface area contributed by atoms with Gasteiger partial charge in [-0.1, -0.05) is 0 Å². The molecular weight excluding hydrogens is 319 g/mol. The van der Waals surface area contributed by atoms with E-state index in [4.69, 9.17) is 16.2 Å². The van der Waals surface area contributed by atoms with Crippen molar-refractivity contribution in [3.63, 3.8) is 0 Å². The van der Waals surface area contributed by atoms with Crippen LogP contribution in [0, 0.1) is 0 Å². The van der Waals surface area contributed by atoms with Crippen molar-refractivity contribution in [2.75, 3.05) is 11.5 Å². The Bertz CT molecular complexity index is 661. The maximum Gasteiger partial charge on any atom is 0.420 e. The molecule has 0 amide bonds. The van der Waals surface area contributed by atoms with Crippen molar-refractivity contribution in [1.29, 1.82) is 0 Å². The Morgan fingerprint density at radius 3 is 1.65 bits per heavy atom. The zero-order valence-corrected chi connectivity index (χ0v) is 11.9. The molecule has 0 aliphatic rings. The van der Waals surface area contributed by atoms with E-state index >= 15 is 0 Å². The summed E-state index contributed by atoms with van der Waals surface area (Å²) in [5, 5.41) is 0. The quantitative estimate of drug-likeness (QED) is 0.628. The van der Waals surface area contributed by atoms with Gasteiger partial charge in [-0.2, -0.15) is 13.2 Å². The van der Waals surface area contributed by atoms with Crippen LogP contribution in [0.3, 0.4) is 0 Å². The fourth-order valence-electron chi connectivity index (χ4n) is 1.96. The lowest BCUT2D eigenvalue weighted by molar-refractivity contribution is -0.138. The lowest BCUT2D eigenvalue weighted by Gasteiger charge is -2.19. The molecule has 0 heterocycles. The molecule has 2 aromatic rings. The van der Waals surface area contributed by atoms with Crippen molar-refractivity contribution < 1.29 is 26.7 Å². The Morgan fingerprint density at radius 2 is 1.22 bits per heavy atom. The van der Waals surface area contributed by atoms with Gasteiger partial charge in [0.15, 0.2) is 0 Å². The summed E-state index contributed by atoms with van der Waals surface area (Å²) in [4.78, 5) is 0. The molecule has 0 saturated carbocycles. The number of benzene rings is 2. The molecular formula is C15H13F5N2O. The normalized spacial score (nSPS) is 12.3. The topological polar surface area (TPSA) is 61.3 Å². The largest absolute Gasteiger partial charge is 0.456 e. The van der Waals surface area contributed by atoms with Gasteiger partial charge in [0.1, 0.15) is 17.1 Å². The standard InChI is InChI=1S/C15H13F5N2O/c1-14(16,17)10-6-8(21)2-4-12(10)23-13-5-3-9(22)7-11(13)15(18,19)20/h2-7H,21-22H2,1H3. The minimum atomic E-state index is -4.74. The minimum absolute atomic E-state index is 0.0437. The summed E-state index contributed by atoms with van der Waals surface area (Å²) in [5.41, 5.74) is 8.96. The third-order valence-electron chi connectivity index (χ3n) is 3.01. The van der Waals surface area contributed by atoms with Gasteiger partial charge in [-0.15, -0.1) is 0 Å². The van der Waals surface area contributed by atoms with Crippen molar-refractivity contribution in [1.82, 2.24) is 0 Å². The smallest absolute Gasteiger partial charge is 0.420 e. The average Bonchev–Trinajstić information content (AvgIpc) is 2.40. The van der Waals surface area contributed by atoms with Crippen molar-refractivity contribution in [3.05, 3.63) is 47.5 Å². The van der Waals surface area contributed by atoms with Crippen LogP contribution < -0.4 is 16.2 Å². The highest BCUT2D eigenvalue weighted by molar-refractivity contribution is 5.54. The van der Waals surface area contributed by atoms with Gasteiger partial charge in [-0.3, -0.25) is 0 Å². The number of alkyl halides is 5. The first-order chi connectivity index (χ1) is 10.5. The molecule has 0 saturated heterocycles. The number of rotatable bonds is 3. The average molecular weight is 332 g/mol. The molecule has 0 aromatic heterocycles. The molecule has 8 heteroatoms. The van der Waals surface area contributed by atoms with E-state index in [1.54, 1.807) is 0 Å². The van der Waals surface area contributed by atoms with Crippen molar-refractivity contribution in [3.8, 4) is 11.5 Å². The maximum absolute atomic E-state index is 13.6. The van der Waals surface area contributed by atoms with Crippen molar-refractivity contribution in [2.45, 2.75) is 19.0 Å². The summed E-state index contributed by atoms with van der Waals surface area (Å²) in [5.74, 6) is -4.37. The molecule has 0 aliphatic heterocycles. The first-order valence-corrected chi connectivity index (χ1v) is 6.41. The molecule has 0 aliphatic carbocycles. The fraction of sp³-hybridized carbons (Fsp3) is 0.200. The van der Waals surface area contributed by atoms with Crippen LogP contribution >= 0.6 is 0 Å². The number of anilines is 2. The highest BCUT2D eigenvalue weighted by Crippen LogP contribution is 2.42. The summed E-state index contributed by atoms with van der Waals surface area (Å²) >= 11 is 0. The Morgan fingerprint density at radius 1 is 0.783 bits per heavy atom. The molecule has 4 N–H and O–H groups in total. The zero-order chi connectivity index (χ0) is 17.4. The highest BCUT2D eigenvalue weighted by Gasteiger charge is 2.36. The lowest BCUT2D eigenvalue weighted by Crippen LogP contribution is -2.11. The van der Waals surface area contributed by atoms with Gasteiger partial charge >= 0.3 is 6.18 Å². The summed E-state index contributed by atoms with van der Waals surface area (Å²) in [7, 11) is 0. The molecule has 0 radical (unpaired) electrons. The Balaban J connectivity index is 2.53. The number of hydrogen-bond acceptors (Lipinski definition) is 3. The van der Waals surface area contributed by atoms with Crippen LogP contribution in [0.25, 0.3) is 0 Å². The van der Waals surface area contributed by atoms with Crippen molar-refractivity contribution in [2.24, 2.45) is 0 Å². The minimum Gasteiger partial charge on any atom is -0.456 e. The van der Waals surface area contributed by atoms with Gasteiger partial charge in [0.2, 0.25) is 0 Å². The van der Waals surface area contributed by atoms with Crippen LogP contribution in [0.1, 0.15) is 18.1 Å². The number of nitrogen functional groups attached to an aromatic ring is 2. The highest BCUT2D eigenvalue weighted by atomic mass is 19.4. The Kier molecular flexibility index (Phi) is 4.10. The molecule has 2 aromatic carbocycles. The zero-order valence-electron chi connectivity index (χ0n) is 11.9. The van der Waals surface area contributed by atoms with Crippen LogP contribution in [0.15, 0.2) is 36.4 Å². The summed E-state index contributed by atoms with van der Waals surface area (Å²) in [6, 6.07) is 6.15. The molecule has 23 heavy (non-hydrogen) atoms. The predicted molar refractivity (Wildman–Crippen MR) is 76.4 cm³/mol. The van der Waals surface area contributed by atoms with E-state index in [2.05, 4.69) is 0 Å². The van der Waals surface area contributed by atoms with E-state index in [9.17, 15) is 22.0 Å². The third kappa shape index (κ3) is 3.82. The molecule has 124 valence electrons. The van der Waals surface area contributed by atoms with Crippen LogP contribution in [0.2, 0.25) is 0 Å². The predicted octanol–water partition coefficient (Wildman–Crippen LogP) is 4.77. The number of halogens is 5. The number of nitrogens with two attached hydrogens (primary N) is 2. The van der Waals surface area contributed by atoms with Gasteiger partial charge in [-0.05, 0) is 36.4 Å².